The van der Waals surface area contributed by atoms with Crippen LogP contribution in [0.4, 0.5) is 11.4 Å². The summed E-state index contributed by atoms with van der Waals surface area (Å²) in [6.45, 7) is 0.437. The van der Waals surface area contributed by atoms with Crippen LogP contribution in [0.5, 0.6) is 0 Å². The van der Waals surface area contributed by atoms with Crippen molar-refractivity contribution < 1.29 is 9.59 Å². The van der Waals surface area contributed by atoms with E-state index < -0.39 is 0 Å². The zero-order valence-corrected chi connectivity index (χ0v) is 14.6. The van der Waals surface area contributed by atoms with Gasteiger partial charge in [-0.15, -0.1) is 11.8 Å². The molecule has 1 aliphatic rings. The van der Waals surface area contributed by atoms with Crippen LogP contribution in [0.15, 0.2) is 59.5 Å². The molecular formula is C19H20N2O2S. The van der Waals surface area contributed by atoms with E-state index in [-0.39, 0.29) is 24.2 Å². The lowest BCUT2D eigenvalue weighted by molar-refractivity contribution is -0.124. The van der Waals surface area contributed by atoms with E-state index in [2.05, 4.69) is 0 Å². The first-order valence-electron chi connectivity index (χ1n) is 7.87. The summed E-state index contributed by atoms with van der Waals surface area (Å²) in [5.41, 5.74) is 1.71. The predicted octanol–water partition coefficient (Wildman–Crippen LogP) is 3.42. The van der Waals surface area contributed by atoms with Gasteiger partial charge in [0.15, 0.2) is 0 Å². The number of carbonyl (C=O) groups excluding carboxylic acids is 2. The molecule has 2 aromatic carbocycles. The predicted molar refractivity (Wildman–Crippen MR) is 98.5 cm³/mol. The van der Waals surface area contributed by atoms with E-state index in [9.17, 15) is 9.59 Å². The summed E-state index contributed by atoms with van der Waals surface area (Å²) < 4.78 is 0. The molecule has 5 heteroatoms. The van der Waals surface area contributed by atoms with Crippen molar-refractivity contribution in [2.24, 2.45) is 5.92 Å². The third kappa shape index (κ3) is 3.31. The summed E-state index contributed by atoms with van der Waals surface area (Å²) in [4.78, 5) is 29.6. The van der Waals surface area contributed by atoms with Crippen molar-refractivity contribution >= 4 is 35.0 Å². The van der Waals surface area contributed by atoms with Crippen LogP contribution >= 0.6 is 11.8 Å². The Morgan fingerprint density at radius 2 is 1.92 bits per heavy atom. The van der Waals surface area contributed by atoms with Gasteiger partial charge < -0.3 is 9.80 Å². The first-order chi connectivity index (χ1) is 11.6. The molecule has 2 amide bonds. The number of thioether (sulfide) groups is 1. The molecule has 3 rings (SSSR count). The zero-order valence-electron chi connectivity index (χ0n) is 13.8. The molecule has 0 aliphatic carbocycles. The molecule has 2 aromatic rings. The van der Waals surface area contributed by atoms with Gasteiger partial charge >= 0.3 is 0 Å². The minimum absolute atomic E-state index is 0.00747. The lowest BCUT2D eigenvalue weighted by Gasteiger charge is -2.21. The fourth-order valence-electron chi connectivity index (χ4n) is 2.95. The third-order valence-corrected chi connectivity index (χ3v) is 5.04. The molecule has 0 radical (unpaired) electrons. The van der Waals surface area contributed by atoms with Crippen LogP contribution in [0.2, 0.25) is 0 Å². The number of carbonyl (C=O) groups is 2. The minimum atomic E-state index is -0.305. The molecule has 0 spiro atoms. The van der Waals surface area contributed by atoms with Crippen molar-refractivity contribution in [3.8, 4) is 0 Å². The number of rotatable bonds is 4. The number of hydrogen-bond acceptors (Lipinski definition) is 3. The smallest absolute Gasteiger partial charge is 0.232 e. The van der Waals surface area contributed by atoms with Crippen LogP contribution in [0.25, 0.3) is 0 Å². The maximum absolute atomic E-state index is 12.7. The molecule has 1 atom stereocenters. The summed E-state index contributed by atoms with van der Waals surface area (Å²) in [6.07, 6.45) is 2.27. The van der Waals surface area contributed by atoms with Gasteiger partial charge in [0.25, 0.3) is 0 Å². The minimum Gasteiger partial charge on any atom is -0.315 e. The Balaban J connectivity index is 1.75. The van der Waals surface area contributed by atoms with Gasteiger partial charge in [-0.3, -0.25) is 9.59 Å². The highest BCUT2D eigenvalue weighted by atomic mass is 32.2. The molecular weight excluding hydrogens is 320 g/mol. The van der Waals surface area contributed by atoms with Crippen LogP contribution in [0, 0.1) is 5.92 Å². The van der Waals surface area contributed by atoms with Gasteiger partial charge in [0.1, 0.15) is 0 Å². The van der Waals surface area contributed by atoms with Crippen molar-refractivity contribution in [3.05, 3.63) is 54.6 Å². The Bertz CT molecular complexity index is 748. The van der Waals surface area contributed by atoms with Crippen LogP contribution in [0.1, 0.15) is 6.42 Å². The number of para-hydroxylation sites is 1. The molecule has 4 nitrogen and oxygen atoms in total. The second-order valence-corrected chi connectivity index (χ2v) is 6.72. The summed E-state index contributed by atoms with van der Waals surface area (Å²) in [7, 11) is 1.76. The summed E-state index contributed by atoms with van der Waals surface area (Å²) >= 11 is 1.64. The molecule has 1 saturated heterocycles. The van der Waals surface area contributed by atoms with E-state index >= 15 is 0 Å². The highest BCUT2D eigenvalue weighted by Crippen LogP contribution is 2.29. The standard InChI is InChI=1S/C19H20N2O2S/c1-20(15-7-4-3-5-8-15)19(23)14-11-18(22)21(13-14)16-9-6-10-17(12-16)24-2/h3-10,12,14H,11,13H2,1-2H3/t14-/m0/s1. The van der Waals surface area contributed by atoms with Crippen molar-refractivity contribution in [2.75, 3.05) is 29.6 Å². The van der Waals surface area contributed by atoms with E-state index in [0.717, 1.165) is 16.3 Å². The molecule has 124 valence electrons. The van der Waals surface area contributed by atoms with E-state index in [0.29, 0.717) is 6.54 Å². The molecule has 0 bridgehead atoms. The van der Waals surface area contributed by atoms with Crippen LogP contribution < -0.4 is 9.80 Å². The van der Waals surface area contributed by atoms with E-state index in [4.69, 9.17) is 0 Å². The van der Waals surface area contributed by atoms with Gasteiger partial charge in [-0.05, 0) is 36.6 Å². The maximum atomic E-state index is 12.7. The summed E-state index contributed by atoms with van der Waals surface area (Å²) in [6, 6.07) is 17.4. The first-order valence-corrected chi connectivity index (χ1v) is 9.09. The average molecular weight is 340 g/mol. The molecule has 24 heavy (non-hydrogen) atoms. The largest absolute Gasteiger partial charge is 0.315 e. The van der Waals surface area contributed by atoms with Crippen LogP contribution in [0.3, 0.4) is 0 Å². The van der Waals surface area contributed by atoms with Crippen LogP contribution in [-0.4, -0.2) is 31.7 Å². The van der Waals surface area contributed by atoms with E-state index in [1.165, 1.54) is 0 Å². The third-order valence-electron chi connectivity index (χ3n) is 4.31. The van der Waals surface area contributed by atoms with Gasteiger partial charge in [-0.1, -0.05) is 24.3 Å². The van der Waals surface area contributed by atoms with Crippen molar-refractivity contribution in [3.63, 3.8) is 0 Å². The number of nitrogens with zero attached hydrogens (tertiary/aromatic N) is 2. The number of benzene rings is 2. The van der Waals surface area contributed by atoms with E-state index in [1.807, 2.05) is 60.9 Å². The maximum Gasteiger partial charge on any atom is 0.232 e. The Labute approximate surface area is 146 Å². The number of amides is 2. The van der Waals surface area contributed by atoms with Gasteiger partial charge in [0, 0.05) is 36.3 Å². The SMILES string of the molecule is CSc1cccc(N2C[C@@H](C(=O)N(C)c3ccccc3)CC2=O)c1. The number of hydrogen-bond donors (Lipinski definition) is 0. The molecule has 1 aliphatic heterocycles. The first kappa shape index (κ1) is 16.6. The van der Waals surface area contributed by atoms with Crippen LogP contribution in [-0.2, 0) is 9.59 Å². The fourth-order valence-corrected chi connectivity index (χ4v) is 3.41. The fraction of sp³-hybridized carbons (Fsp3) is 0.263. The Morgan fingerprint density at radius 1 is 1.17 bits per heavy atom. The van der Waals surface area contributed by atoms with Crippen molar-refractivity contribution in [1.29, 1.82) is 0 Å². The normalized spacial score (nSPS) is 17.2. The Hall–Kier alpha value is -2.27. The summed E-state index contributed by atoms with van der Waals surface area (Å²) in [5, 5.41) is 0. The molecule has 0 N–H and O–H groups in total. The monoisotopic (exact) mass is 340 g/mol. The van der Waals surface area contributed by atoms with Gasteiger partial charge in [0.05, 0.1) is 5.92 Å². The Morgan fingerprint density at radius 3 is 2.62 bits per heavy atom. The lowest BCUT2D eigenvalue weighted by atomic mass is 10.1. The topological polar surface area (TPSA) is 40.6 Å². The molecule has 1 heterocycles. The summed E-state index contributed by atoms with van der Waals surface area (Å²) in [5.74, 6) is -0.313. The molecule has 0 unspecified atom stereocenters. The highest BCUT2D eigenvalue weighted by molar-refractivity contribution is 7.98. The highest BCUT2D eigenvalue weighted by Gasteiger charge is 2.36. The average Bonchev–Trinajstić information content (AvgIpc) is 3.03. The Kier molecular flexibility index (Phi) is 4.90. The second-order valence-electron chi connectivity index (χ2n) is 5.84. The van der Waals surface area contributed by atoms with Gasteiger partial charge in [-0.2, -0.15) is 0 Å². The lowest BCUT2D eigenvalue weighted by Crippen LogP contribution is -2.34. The quantitative estimate of drug-likeness (QED) is 0.801. The zero-order chi connectivity index (χ0) is 17.1. The molecule has 1 fully saturated rings. The molecule has 0 saturated carbocycles. The second kappa shape index (κ2) is 7.09. The van der Waals surface area contributed by atoms with Crippen molar-refractivity contribution in [1.82, 2.24) is 0 Å². The molecule has 0 aromatic heterocycles. The number of anilines is 2. The van der Waals surface area contributed by atoms with Gasteiger partial charge in [0.2, 0.25) is 11.8 Å². The van der Waals surface area contributed by atoms with E-state index in [1.54, 1.807) is 28.6 Å². The van der Waals surface area contributed by atoms with Gasteiger partial charge in [-0.25, -0.2) is 0 Å². The van der Waals surface area contributed by atoms with Crippen molar-refractivity contribution in [2.45, 2.75) is 11.3 Å².